The van der Waals surface area contributed by atoms with Crippen molar-refractivity contribution >= 4 is 11.6 Å². The normalized spacial score (nSPS) is 14.0. The van der Waals surface area contributed by atoms with Crippen LogP contribution in [0.1, 0.15) is 46.5 Å². The highest BCUT2D eigenvalue weighted by Crippen LogP contribution is 2.30. The Kier molecular flexibility index (Phi) is 11.2. The smallest absolute Gasteiger partial charge is 0.0555 e. The van der Waals surface area contributed by atoms with Crippen molar-refractivity contribution in [3.63, 3.8) is 0 Å². The summed E-state index contributed by atoms with van der Waals surface area (Å²) in [6.07, 6.45) is 15.9. The molecule has 0 aliphatic carbocycles. The largest absolute Gasteiger partial charge is 0.0991 e. The van der Waals surface area contributed by atoms with Gasteiger partial charge >= 0.3 is 0 Å². The maximum Gasteiger partial charge on any atom is 0.0555 e. The SMILES string of the molecule is C=C/C=C\C(C(=C)C)=C(/Cl)C(/C=C\CC)=C(C=C)CCCC. The molecule has 0 N–H and O–H groups in total. The van der Waals surface area contributed by atoms with E-state index in [-0.39, 0.29) is 0 Å². The quantitative estimate of drug-likeness (QED) is 0.367. The van der Waals surface area contributed by atoms with Crippen molar-refractivity contribution in [3.05, 3.63) is 83.5 Å². The van der Waals surface area contributed by atoms with Crippen molar-refractivity contribution in [1.82, 2.24) is 0 Å². The maximum absolute atomic E-state index is 6.71. The van der Waals surface area contributed by atoms with Crippen LogP contribution in [0.2, 0.25) is 0 Å². The molecule has 22 heavy (non-hydrogen) atoms. The monoisotopic (exact) mass is 316 g/mol. The molecule has 0 aliphatic rings. The molecule has 0 rings (SSSR count). The molecule has 0 radical (unpaired) electrons. The summed E-state index contributed by atoms with van der Waals surface area (Å²) >= 11 is 6.71. The summed E-state index contributed by atoms with van der Waals surface area (Å²) < 4.78 is 0. The lowest BCUT2D eigenvalue weighted by atomic mass is 9.97. The number of unbranched alkanes of at least 4 members (excludes halogenated alkanes) is 1. The summed E-state index contributed by atoms with van der Waals surface area (Å²) in [7, 11) is 0. The molecule has 120 valence electrons. The minimum Gasteiger partial charge on any atom is -0.0991 e. The van der Waals surface area contributed by atoms with Gasteiger partial charge in [0.25, 0.3) is 0 Å². The second-order valence-corrected chi connectivity index (χ2v) is 5.54. The van der Waals surface area contributed by atoms with Crippen molar-refractivity contribution in [2.24, 2.45) is 0 Å². The standard InChI is InChI=1S/C21H29Cl/c1-7-11-14-18(10-4)20(16-13-9-3)21(22)19(17(5)6)15-12-8-2/h8,10,12-13,15-16H,2,4-5,7,9,11,14H2,1,3,6H3/b15-12-,16-13-,20-18?,21-19+. The third-order valence-electron chi connectivity index (χ3n) is 3.24. The molecule has 0 amide bonds. The average molecular weight is 317 g/mol. The van der Waals surface area contributed by atoms with Gasteiger partial charge in [0.1, 0.15) is 0 Å². The zero-order valence-electron chi connectivity index (χ0n) is 14.3. The molecular formula is C21H29Cl. The van der Waals surface area contributed by atoms with Crippen LogP contribution in [0.3, 0.4) is 0 Å². The minimum atomic E-state index is 0.723. The highest BCUT2D eigenvalue weighted by Gasteiger charge is 2.10. The molecule has 0 saturated carbocycles. The zero-order chi connectivity index (χ0) is 17.0. The summed E-state index contributed by atoms with van der Waals surface area (Å²) in [6.45, 7) is 18.0. The number of allylic oxidation sites excluding steroid dienone is 11. The topological polar surface area (TPSA) is 0 Å². The van der Waals surface area contributed by atoms with Gasteiger partial charge < -0.3 is 0 Å². The Balaban J connectivity index is 6.13. The van der Waals surface area contributed by atoms with E-state index in [9.17, 15) is 0 Å². The van der Waals surface area contributed by atoms with Gasteiger partial charge in [-0.25, -0.2) is 0 Å². The summed E-state index contributed by atoms with van der Waals surface area (Å²) in [5, 5.41) is 0.723. The van der Waals surface area contributed by atoms with Crippen molar-refractivity contribution < 1.29 is 0 Å². The van der Waals surface area contributed by atoms with Gasteiger partial charge in [-0.05, 0) is 48.5 Å². The van der Waals surface area contributed by atoms with Gasteiger partial charge in [0.2, 0.25) is 0 Å². The fraction of sp³-hybridized carbons (Fsp3) is 0.333. The molecule has 0 atom stereocenters. The van der Waals surface area contributed by atoms with Gasteiger partial charge in [0.15, 0.2) is 0 Å². The molecule has 0 fully saturated rings. The van der Waals surface area contributed by atoms with E-state index >= 15 is 0 Å². The van der Waals surface area contributed by atoms with Crippen molar-refractivity contribution in [2.45, 2.75) is 46.5 Å². The second-order valence-electron chi connectivity index (χ2n) is 5.16. The van der Waals surface area contributed by atoms with Crippen LogP contribution < -0.4 is 0 Å². The summed E-state index contributed by atoms with van der Waals surface area (Å²) in [5.74, 6) is 0. The maximum atomic E-state index is 6.71. The van der Waals surface area contributed by atoms with Crippen molar-refractivity contribution in [2.75, 3.05) is 0 Å². The van der Waals surface area contributed by atoms with Crippen LogP contribution in [0, 0.1) is 0 Å². The second kappa shape index (κ2) is 12.1. The Bertz CT molecular complexity index is 510. The molecule has 1 heteroatoms. The van der Waals surface area contributed by atoms with Gasteiger partial charge in [-0.1, -0.05) is 88.1 Å². The van der Waals surface area contributed by atoms with E-state index in [1.165, 1.54) is 5.57 Å². The average Bonchev–Trinajstić information content (AvgIpc) is 2.50. The van der Waals surface area contributed by atoms with Crippen molar-refractivity contribution in [3.8, 4) is 0 Å². The van der Waals surface area contributed by atoms with E-state index < -0.39 is 0 Å². The zero-order valence-corrected chi connectivity index (χ0v) is 15.0. The Morgan fingerprint density at radius 3 is 2.23 bits per heavy atom. The molecule has 0 aromatic rings. The fourth-order valence-corrected chi connectivity index (χ4v) is 2.39. The molecule has 0 aliphatic heterocycles. The van der Waals surface area contributed by atoms with Crippen LogP contribution in [0.5, 0.6) is 0 Å². The van der Waals surface area contributed by atoms with Crippen molar-refractivity contribution in [1.29, 1.82) is 0 Å². The van der Waals surface area contributed by atoms with Crippen LogP contribution in [-0.2, 0) is 0 Å². The predicted molar refractivity (Wildman–Crippen MR) is 103 cm³/mol. The van der Waals surface area contributed by atoms with Gasteiger partial charge in [-0.3, -0.25) is 0 Å². The van der Waals surface area contributed by atoms with E-state index in [1.807, 2.05) is 25.2 Å². The van der Waals surface area contributed by atoms with E-state index in [2.05, 4.69) is 45.7 Å². The van der Waals surface area contributed by atoms with Gasteiger partial charge in [-0.15, -0.1) is 0 Å². The molecule has 0 saturated heterocycles. The van der Waals surface area contributed by atoms with E-state index in [0.717, 1.165) is 47.4 Å². The highest BCUT2D eigenvalue weighted by molar-refractivity contribution is 6.33. The molecule has 0 unspecified atom stereocenters. The first-order valence-corrected chi connectivity index (χ1v) is 8.28. The first-order chi connectivity index (χ1) is 10.5. The molecule has 0 aromatic carbocycles. The minimum absolute atomic E-state index is 0.723. The van der Waals surface area contributed by atoms with E-state index in [1.54, 1.807) is 6.08 Å². The van der Waals surface area contributed by atoms with Gasteiger partial charge in [-0.2, -0.15) is 0 Å². The number of halogens is 1. The third-order valence-corrected chi connectivity index (χ3v) is 3.65. The first-order valence-electron chi connectivity index (χ1n) is 7.90. The van der Waals surface area contributed by atoms with Crippen LogP contribution in [0.15, 0.2) is 83.5 Å². The van der Waals surface area contributed by atoms with Crippen LogP contribution in [0.4, 0.5) is 0 Å². The van der Waals surface area contributed by atoms with Crippen LogP contribution >= 0.6 is 11.6 Å². The van der Waals surface area contributed by atoms with Gasteiger partial charge in [0.05, 0.1) is 5.03 Å². The summed E-state index contributed by atoms with van der Waals surface area (Å²) in [6, 6.07) is 0. The van der Waals surface area contributed by atoms with Crippen LogP contribution in [0.25, 0.3) is 0 Å². The fourth-order valence-electron chi connectivity index (χ4n) is 1.98. The Morgan fingerprint density at radius 2 is 1.77 bits per heavy atom. The Hall–Kier alpha value is -1.53. The van der Waals surface area contributed by atoms with Crippen LogP contribution in [-0.4, -0.2) is 0 Å². The van der Waals surface area contributed by atoms with Gasteiger partial charge in [0, 0.05) is 0 Å². The Labute approximate surface area is 142 Å². The van der Waals surface area contributed by atoms with E-state index in [0.29, 0.717) is 0 Å². The number of hydrogen-bond donors (Lipinski definition) is 0. The molecule has 0 aromatic heterocycles. The Morgan fingerprint density at radius 1 is 1.09 bits per heavy atom. The molecule has 0 spiro atoms. The number of hydrogen-bond acceptors (Lipinski definition) is 0. The van der Waals surface area contributed by atoms with E-state index in [4.69, 9.17) is 11.6 Å². The lowest BCUT2D eigenvalue weighted by molar-refractivity contribution is 0.795. The summed E-state index contributed by atoms with van der Waals surface area (Å²) in [5.41, 5.74) is 4.10. The number of rotatable bonds is 10. The lowest BCUT2D eigenvalue weighted by Gasteiger charge is -2.12. The predicted octanol–water partition coefficient (Wildman–Crippen LogP) is 7.44. The molecule has 0 heterocycles. The molecule has 0 bridgehead atoms. The lowest BCUT2D eigenvalue weighted by Crippen LogP contribution is -1.94. The summed E-state index contributed by atoms with van der Waals surface area (Å²) in [4.78, 5) is 0. The first kappa shape index (κ1) is 20.5. The highest BCUT2D eigenvalue weighted by atomic mass is 35.5. The third kappa shape index (κ3) is 6.95. The molecular weight excluding hydrogens is 288 g/mol. The molecule has 0 nitrogen and oxygen atoms in total.